The lowest BCUT2D eigenvalue weighted by Gasteiger charge is -2.30. The third-order valence-electron chi connectivity index (χ3n) is 4.49. The van der Waals surface area contributed by atoms with Gasteiger partial charge in [0.1, 0.15) is 10.8 Å². The Morgan fingerprint density at radius 3 is 2.74 bits per heavy atom. The molecule has 1 amide bonds. The number of benzene rings is 2. The molecule has 27 heavy (non-hydrogen) atoms. The molecule has 0 fully saturated rings. The molecular formula is C21H21N3O2S. The monoisotopic (exact) mass is 379 g/mol. The van der Waals surface area contributed by atoms with E-state index >= 15 is 0 Å². The van der Waals surface area contributed by atoms with Gasteiger partial charge >= 0.3 is 0 Å². The normalized spacial score (nSPS) is 13.6. The van der Waals surface area contributed by atoms with Gasteiger partial charge in [-0.25, -0.2) is 4.98 Å². The summed E-state index contributed by atoms with van der Waals surface area (Å²) in [5, 5.41) is 3.04. The van der Waals surface area contributed by atoms with Crippen molar-refractivity contribution in [3.63, 3.8) is 0 Å². The molecule has 0 unspecified atom stereocenters. The van der Waals surface area contributed by atoms with Gasteiger partial charge in [-0.1, -0.05) is 30.3 Å². The number of hydrogen-bond acceptors (Lipinski definition) is 5. The fourth-order valence-electron chi connectivity index (χ4n) is 3.03. The number of anilines is 1. The zero-order valence-corrected chi connectivity index (χ0v) is 16.2. The SMILES string of the molecule is CN(C)CCN1C(=O)COc2ccc(-c3csc(-c4ccccc4)n3)cc21. The average Bonchev–Trinajstić information content (AvgIpc) is 3.17. The Morgan fingerprint density at radius 1 is 1.15 bits per heavy atom. The lowest BCUT2D eigenvalue weighted by molar-refractivity contribution is -0.121. The minimum absolute atomic E-state index is 0.00949. The van der Waals surface area contributed by atoms with Gasteiger partial charge in [0.05, 0.1) is 11.4 Å². The van der Waals surface area contributed by atoms with E-state index in [1.165, 1.54) is 0 Å². The second kappa shape index (κ2) is 7.50. The Hall–Kier alpha value is -2.70. The summed E-state index contributed by atoms with van der Waals surface area (Å²) in [5.74, 6) is 0.736. The van der Waals surface area contributed by atoms with E-state index in [1.807, 2.05) is 55.4 Å². The van der Waals surface area contributed by atoms with Crippen molar-refractivity contribution >= 4 is 22.9 Å². The highest BCUT2D eigenvalue weighted by molar-refractivity contribution is 7.13. The first-order valence-corrected chi connectivity index (χ1v) is 9.73. The number of hydrogen-bond donors (Lipinski definition) is 0. The number of carbonyl (C=O) groups excluding carboxylic acids is 1. The van der Waals surface area contributed by atoms with E-state index in [9.17, 15) is 4.79 Å². The summed E-state index contributed by atoms with van der Waals surface area (Å²) in [6.07, 6.45) is 0. The topological polar surface area (TPSA) is 45.7 Å². The summed E-state index contributed by atoms with van der Waals surface area (Å²) >= 11 is 1.62. The zero-order valence-electron chi connectivity index (χ0n) is 15.4. The Morgan fingerprint density at radius 2 is 1.96 bits per heavy atom. The van der Waals surface area contributed by atoms with Gasteiger partial charge in [0.25, 0.3) is 5.91 Å². The summed E-state index contributed by atoms with van der Waals surface area (Å²) in [5.41, 5.74) is 3.82. The number of nitrogens with zero attached hydrogens (tertiary/aromatic N) is 3. The predicted octanol–water partition coefficient (Wildman–Crippen LogP) is 3.76. The molecule has 0 radical (unpaired) electrons. The quantitative estimate of drug-likeness (QED) is 0.677. The molecule has 0 saturated heterocycles. The maximum absolute atomic E-state index is 12.4. The zero-order chi connectivity index (χ0) is 18.8. The van der Waals surface area contributed by atoms with Crippen LogP contribution in [0.4, 0.5) is 5.69 Å². The largest absolute Gasteiger partial charge is 0.482 e. The van der Waals surface area contributed by atoms with Crippen LogP contribution in [0.5, 0.6) is 5.75 Å². The average molecular weight is 379 g/mol. The van der Waals surface area contributed by atoms with Crippen LogP contribution in [0.1, 0.15) is 0 Å². The minimum Gasteiger partial charge on any atom is -0.482 e. The van der Waals surface area contributed by atoms with E-state index in [0.29, 0.717) is 6.54 Å². The molecule has 138 valence electrons. The third kappa shape index (κ3) is 3.72. The summed E-state index contributed by atoms with van der Waals surface area (Å²) in [7, 11) is 4.01. The standard InChI is InChI=1S/C21H21N3O2S/c1-23(2)10-11-24-18-12-16(8-9-19(18)26-13-20(24)25)17-14-27-21(22-17)15-6-4-3-5-7-15/h3-9,12,14H,10-11,13H2,1-2H3. The van der Waals surface area contributed by atoms with Crippen molar-refractivity contribution in [1.29, 1.82) is 0 Å². The first kappa shape index (κ1) is 17.7. The summed E-state index contributed by atoms with van der Waals surface area (Å²) in [6, 6.07) is 16.1. The maximum atomic E-state index is 12.4. The number of amides is 1. The maximum Gasteiger partial charge on any atom is 0.265 e. The Bertz CT molecular complexity index is 953. The number of aromatic nitrogens is 1. The molecule has 0 bridgehead atoms. The van der Waals surface area contributed by atoms with Crippen LogP contribution >= 0.6 is 11.3 Å². The smallest absolute Gasteiger partial charge is 0.265 e. The highest BCUT2D eigenvalue weighted by atomic mass is 32.1. The number of ether oxygens (including phenoxy) is 1. The highest BCUT2D eigenvalue weighted by Crippen LogP contribution is 2.37. The van der Waals surface area contributed by atoms with Crippen molar-refractivity contribution in [3.8, 4) is 27.6 Å². The minimum atomic E-state index is -0.00949. The molecule has 2 heterocycles. The molecule has 2 aromatic carbocycles. The summed E-state index contributed by atoms with van der Waals surface area (Å²) < 4.78 is 5.62. The van der Waals surface area contributed by atoms with Crippen molar-refractivity contribution in [2.24, 2.45) is 0 Å². The van der Waals surface area contributed by atoms with Gasteiger partial charge in [-0.3, -0.25) is 4.79 Å². The number of thiazole rings is 1. The number of fused-ring (bicyclic) bond motifs is 1. The van der Waals surface area contributed by atoms with Gasteiger partial charge in [0, 0.05) is 29.6 Å². The van der Waals surface area contributed by atoms with Crippen molar-refractivity contribution in [1.82, 2.24) is 9.88 Å². The highest BCUT2D eigenvalue weighted by Gasteiger charge is 2.26. The first-order valence-electron chi connectivity index (χ1n) is 8.85. The van der Waals surface area contributed by atoms with Crippen LogP contribution < -0.4 is 9.64 Å². The van der Waals surface area contributed by atoms with Gasteiger partial charge in [0.15, 0.2) is 6.61 Å². The van der Waals surface area contributed by atoms with Crippen molar-refractivity contribution < 1.29 is 9.53 Å². The molecule has 3 aromatic rings. The molecule has 1 aliphatic heterocycles. The molecular weight excluding hydrogens is 358 g/mol. The molecule has 0 saturated carbocycles. The van der Waals surface area contributed by atoms with E-state index in [-0.39, 0.29) is 12.5 Å². The van der Waals surface area contributed by atoms with E-state index in [1.54, 1.807) is 11.3 Å². The van der Waals surface area contributed by atoms with Crippen LogP contribution in [0.25, 0.3) is 21.8 Å². The molecule has 6 heteroatoms. The summed E-state index contributed by atoms with van der Waals surface area (Å²) in [6.45, 7) is 1.52. The van der Waals surface area contributed by atoms with Crippen LogP contribution in [0.2, 0.25) is 0 Å². The van der Waals surface area contributed by atoms with Gasteiger partial charge in [-0.15, -0.1) is 11.3 Å². The number of carbonyl (C=O) groups is 1. The lowest BCUT2D eigenvalue weighted by Crippen LogP contribution is -2.42. The number of rotatable bonds is 5. The van der Waals surface area contributed by atoms with Gasteiger partial charge in [0.2, 0.25) is 0 Å². The molecule has 1 aliphatic rings. The second-order valence-corrected chi connectivity index (χ2v) is 7.58. The lowest BCUT2D eigenvalue weighted by atomic mass is 10.1. The van der Waals surface area contributed by atoms with Crippen LogP contribution in [0, 0.1) is 0 Å². The molecule has 0 atom stereocenters. The van der Waals surface area contributed by atoms with Crippen molar-refractivity contribution in [2.45, 2.75) is 0 Å². The van der Waals surface area contributed by atoms with Crippen LogP contribution in [-0.4, -0.2) is 49.6 Å². The van der Waals surface area contributed by atoms with Crippen LogP contribution in [0.15, 0.2) is 53.9 Å². The molecule has 1 aromatic heterocycles. The van der Waals surface area contributed by atoms with Gasteiger partial charge in [-0.2, -0.15) is 0 Å². The van der Waals surface area contributed by atoms with E-state index in [4.69, 9.17) is 9.72 Å². The molecule has 5 nitrogen and oxygen atoms in total. The third-order valence-corrected chi connectivity index (χ3v) is 5.38. The Kier molecular flexibility index (Phi) is 4.92. The fourth-order valence-corrected chi connectivity index (χ4v) is 3.86. The fraction of sp³-hybridized carbons (Fsp3) is 0.238. The molecule has 4 rings (SSSR count). The van der Waals surface area contributed by atoms with E-state index in [2.05, 4.69) is 22.4 Å². The van der Waals surface area contributed by atoms with E-state index < -0.39 is 0 Å². The second-order valence-electron chi connectivity index (χ2n) is 6.72. The number of likely N-dealkylation sites (N-methyl/N-ethyl adjacent to an activating group) is 1. The summed E-state index contributed by atoms with van der Waals surface area (Å²) in [4.78, 5) is 21.0. The van der Waals surface area contributed by atoms with Crippen molar-refractivity contribution in [3.05, 3.63) is 53.9 Å². The molecule has 0 N–H and O–H groups in total. The Balaban J connectivity index is 1.66. The van der Waals surface area contributed by atoms with Crippen LogP contribution in [0.3, 0.4) is 0 Å². The van der Waals surface area contributed by atoms with Gasteiger partial charge < -0.3 is 14.5 Å². The van der Waals surface area contributed by atoms with Crippen molar-refractivity contribution in [2.75, 3.05) is 38.7 Å². The predicted molar refractivity (Wildman–Crippen MR) is 109 cm³/mol. The molecule has 0 spiro atoms. The van der Waals surface area contributed by atoms with Gasteiger partial charge in [-0.05, 0) is 32.3 Å². The first-order chi connectivity index (χ1) is 13.1. The van der Waals surface area contributed by atoms with Crippen LogP contribution in [-0.2, 0) is 4.79 Å². The van der Waals surface area contributed by atoms with E-state index in [0.717, 1.165) is 39.8 Å². The molecule has 0 aliphatic carbocycles. The Labute approximate surface area is 162 Å².